The highest BCUT2D eigenvalue weighted by atomic mass is 19.1. The SMILES string of the molecule is COC(=O)c1cc(C)c(F)cc1F. The Balaban J connectivity index is 3.23. The monoisotopic (exact) mass is 186 g/mol. The van der Waals surface area contributed by atoms with Crippen LogP contribution in [0.15, 0.2) is 12.1 Å². The molecular weight excluding hydrogens is 178 g/mol. The molecule has 0 aliphatic carbocycles. The zero-order chi connectivity index (χ0) is 10.0. The number of carbonyl (C=O) groups is 1. The lowest BCUT2D eigenvalue weighted by atomic mass is 10.1. The zero-order valence-electron chi connectivity index (χ0n) is 7.23. The summed E-state index contributed by atoms with van der Waals surface area (Å²) in [6.45, 7) is 1.45. The van der Waals surface area contributed by atoms with E-state index in [0.29, 0.717) is 6.07 Å². The summed E-state index contributed by atoms with van der Waals surface area (Å²) in [5, 5.41) is 0. The van der Waals surface area contributed by atoms with Gasteiger partial charge in [-0.1, -0.05) is 0 Å². The van der Waals surface area contributed by atoms with E-state index in [9.17, 15) is 13.6 Å². The molecule has 70 valence electrons. The Morgan fingerprint density at radius 3 is 2.46 bits per heavy atom. The molecule has 0 unspecified atom stereocenters. The lowest BCUT2D eigenvalue weighted by molar-refractivity contribution is 0.0595. The van der Waals surface area contributed by atoms with Crippen LogP contribution in [0.2, 0.25) is 0 Å². The molecule has 0 fully saturated rings. The number of esters is 1. The van der Waals surface area contributed by atoms with Crippen molar-refractivity contribution >= 4 is 5.97 Å². The van der Waals surface area contributed by atoms with Crippen molar-refractivity contribution in [1.82, 2.24) is 0 Å². The van der Waals surface area contributed by atoms with Crippen molar-refractivity contribution in [3.63, 3.8) is 0 Å². The standard InChI is InChI=1S/C9H8F2O2/c1-5-3-6(9(12)13-2)8(11)4-7(5)10/h3-4H,1-2H3. The Hall–Kier alpha value is -1.45. The molecule has 0 aromatic heterocycles. The first-order chi connectivity index (χ1) is 6.06. The number of hydrogen-bond acceptors (Lipinski definition) is 2. The van der Waals surface area contributed by atoms with Crippen LogP contribution in [0, 0.1) is 18.6 Å². The van der Waals surface area contributed by atoms with Crippen LogP contribution in [0.25, 0.3) is 0 Å². The van der Waals surface area contributed by atoms with Crippen LogP contribution in [0.1, 0.15) is 15.9 Å². The Bertz CT molecular complexity index is 348. The van der Waals surface area contributed by atoms with E-state index >= 15 is 0 Å². The van der Waals surface area contributed by atoms with Gasteiger partial charge in [-0.3, -0.25) is 0 Å². The largest absolute Gasteiger partial charge is 0.465 e. The molecule has 4 heteroatoms. The van der Waals surface area contributed by atoms with Gasteiger partial charge >= 0.3 is 5.97 Å². The van der Waals surface area contributed by atoms with Gasteiger partial charge in [-0.2, -0.15) is 0 Å². The first-order valence-corrected chi connectivity index (χ1v) is 3.60. The Labute approximate surface area is 74.1 Å². The molecule has 0 saturated heterocycles. The van der Waals surface area contributed by atoms with Crippen LogP contribution < -0.4 is 0 Å². The van der Waals surface area contributed by atoms with Gasteiger partial charge in [0.2, 0.25) is 0 Å². The Morgan fingerprint density at radius 2 is 1.92 bits per heavy atom. The second kappa shape index (κ2) is 3.51. The zero-order valence-corrected chi connectivity index (χ0v) is 7.23. The summed E-state index contributed by atoms with van der Waals surface area (Å²) < 4.78 is 30.0. The van der Waals surface area contributed by atoms with Gasteiger partial charge in [0.25, 0.3) is 0 Å². The fraction of sp³-hybridized carbons (Fsp3) is 0.222. The van der Waals surface area contributed by atoms with Gasteiger partial charge in [-0.15, -0.1) is 0 Å². The van der Waals surface area contributed by atoms with Crippen molar-refractivity contribution in [2.75, 3.05) is 7.11 Å². The second-order valence-electron chi connectivity index (χ2n) is 2.57. The predicted molar refractivity (Wildman–Crippen MR) is 42.4 cm³/mol. The summed E-state index contributed by atoms with van der Waals surface area (Å²) in [5.41, 5.74) is -0.0387. The molecule has 0 heterocycles. The minimum Gasteiger partial charge on any atom is -0.465 e. The first-order valence-electron chi connectivity index (χ1n) is 3.60. The smallest absolute Gasteiger partial charge is 0.340 e. The van der Waals surface area contributed by atoms with E-state index in [2.05, 4.69) is 4.74 Å². The Kier molecular flexibility index (Phi) is 2.60. The van der Waals surface area contributed by atoms with Crippen LogP contribution in [0.5, 0.6) is 0 Å². The van der Waals surface area contributed by atoms with Gasteiger partial charge in [0, 0.05) is 6.07 Å². The number of methoxy groups -OCH3 is 1. The summed E-state index contributed by atoms with van der Waals surface area (Å²) in [4.78, 5) is 10.9. The van der Waals surface area contributed by atoms with Gasteiger partial charge < -0.3 is 4.74 Å². The van der Waals surface area contributed by atoms with Crippen molar-refractivity contribution < 1.29 is 18.3 Å². The third kappa shape index (κ3) is 1.83. The van der Waals surface area contributed by atoms with Crippen molar-refractivity contribution in [1.29, 1.82) is 0 Å². The molecule has 0 N–H and O–H groups in total. The summed E-state index contributed by atoms with van der Waals surface area (Å²) in [6, 6.07) is 1.79. The first kappa shape index (κ1) is 9.64. The maximum atomic E-state index is 12.9. The lowest BCUT2D eigenvalue weighted by Crippen LogP contribution is -2.05. The molecule has 0 bridgehead atoms. The van der Waals surface area contributed by atoms with E-state index in [1.807, 2.05) is 0 Å². The third-order valence-corrected chi connectivity index (χ3v) is 1.65. The number of ether oxygens (including phenoxy) is 1. The summed E-state index contributed by atoms with van der Waals surface area (Å²) in [5.74, 6) is -2.39. The molecule has 0 radical (unpaired) electrons. The van der Waals surface area contributed by atoms with E-state index < -0.39 is 17.6 Å². The maximum absolute atomic E-state index is 12.9. The summed E-state index contributed by atoms with van der Waals surface area (Å²) in [7, 11) is 1.14. The normalized spacial score (nSPS) is 9.85. The number of aryl methyl sites for hydroxylation is 1. The van der Waals surface area contributed by atoms with E-state index in [1.54, 1.807) is 0 Å². The number of halogens is 2. The predicted octanol–water partition coefficient (Wildman–Crippen LogP) is 2.06. The quantitative estimate of drug-likeness (QED) is 0.627. The molecule has 0 atom stereocenters. The lowest BCUT2D eigenvalue weighted by Gasteiger charge is -2.02. The van der Waals surface area contributed by atoms with Gasteiger partial charge in [0.05, 0.1) is 12.7 Å². The number of rotatable bonds is 1. The molecule has 1 aromatic rings. The Morgan fingerprint density at radius 1 is 1.31 bits per heavy atom. The molecule has 2 nitrogen and oxygen atoms in total. The second-order valence-corrected chi connectivity index (χ2v) is 2.57. The minimum absolute atomic E-state index is 0.210. The average Bonchev–Trinajstić information content (AvgIpc) is 2.10. The van der Waals surface area contributed by atoms with E-state index in [0.717, 1.165) is 13.2 Å². The van der Waals surface area contributed by atoms with Crippen LogP contribution in [0.4, 0.5) is 8.78 Å². The highest BCUT2D eigenvalue weighted by Gasteiger charge is 2.14. The number of hydrogen-bond donors (Lipinski definition) is 0. The fourth-order valence-electron chi connectivity index (χ4n) is 0.924. The molecule has 0 spiro atoms. The molecule has 13 heavy (non-hydrogen) atoms. The maximum Gasteiger partial charge on any atom is 0.340 e. The summed E-state index contributed by atoms with van der Waals surface area (Å²) in [6.07, 6.45) is 0. The topological polar surface area (TPSA) is 26.3 Å². The van der Waals surface area contributed by atoms with Gasteiger partial charge in [0.15, 0.2) is 0 Å². The molecule has 0 aliphatic rings. The van der Waals surface area contributed by atoms with Crippen molar-refractivity contribution in [2.45, 2.75) is 6.92 Å². The van der Waals surface area contributed by atoms with Crippen LogP contribution >= 0.6 is 0 Å². The molecule has 0 saturated carbocycles. The highest BCUT2D eigenvalue weighted by molar-refractivity contribution is 5.89. The van der Waals surface area contributed by atoms with Crippen LogP contribution in [0.3, 0.4) is 0 Å². The van der Waals surface area contributed by atoms with Crippen LogP contribution in [-0.2, 0) is 4.74 Å². The van der Waals surface area contributed by atoms with Crippen molar-refractivity contribution in [2.24, 2.45) is 0 Å². The van der Waals surface area contributed by atoms with Crippen molar-refractivity contribution in [3.05, 3.63) is 34.9 Å². The molecule has 1 rings (SSSR count). The van der Waals surface area contributed by atoms with Crippen molar-refractivity contribution in [3.8, 4) is 0 Å². The number of benzene rings is 1. The molecule has 0 aliphatic heterocycles. The van der Waals surface area contributed by atoms with Gasteiger partial charge in [-0.25, -0.2) is 13.6 Å². The molecule has 0 amide bonds. The fourth-order valence-corrected chi connectivity index (χ4v) is 0.924. The van der Waals surface area contributed by atoms with E-state index in [4.69, 9.17) is 0 Å². The van der Waals surface area contributed by atoms with Crippen LogP contribution in [-0.4, -0.2) is 13.1 Å². The molecular formula is C9H8F2O2. The van der Waals surface area contributed by atoms with E-state index in [1.165, 1.54) is 6.92 Å². The summed E-state index contributed by atoms with van der Waals surface area (Å²) >= 11 is 0. The minimum atomic E-state index is -0.907. The molecule has 1 aromatic carbocycles. The highest BCUT2D eigenvalue weighted by Crippen LogP contribution is 2.14. The van der Waals surface area contributed by atoms with Gasteiger partial charge in [-0.05, 0) is 18.6 Å². The van der Waals surface area contributed by atoms with Gasteiger partial charge in [0.1, 0.15) is 11.6 Å². The number of carbonyl (C=O) groups excluding carboxylic acids is 1. The third-order valence-electron chi connectivity index (χ3n) is 1.65. The van der Waals surface area contributed by atoms with E-state index in [-0.39, 0.29) is 11.1 Å². The average molecular weight is 186 g/mol.